The van der Waals surface area contributed by atoms with Crippen molar-refractivity contribution in [2.75, 3.05) is 5.75 Å². The number of carbonyl (C=O) groups is 1. The zero-order chi connectivity index (χ0) is 15.4. The van der Waals surface area contributed by atoms with Crippen LogP contribution in [0.4, 0.5) is 0 Å². The monoisotopic (exact) mass is 330 g/mol. The summed E-state index contributed by atoms with van der Waals surface area (Å²) in [5, 5.41) is 9.25. The number of aliphatic hydroxyl groups excluding tert-OH is 1. The predicted octanol–water partition coefficient (Wildman–Crippen LogP) is -0.613. The van der Waals surface area contributed by atoms with Crippen molar-refractivity contribution in [2.24, 2.45) is 0 Å². The molecule has 0 aromatic heterocycles. The van der Waals surface area contributed by atoms with Gasteiger partial charge < -0.3 is 9.66 Å². The van der Waals surface area contributed by atoms with Crippen LogP contribution in [0.5, 0.6) is 0 Å². The topological polar surface area (TPSA) is 94.5 Å². The van der Waals surface area contributed by atoms with Crippen molar-refractivity contribution in [3.05, 3.63) is 0 Å². The zero-order valence-electron chi connectivity index (χ0n) is 13.3. The van der Waals surface area contributed by atoms with Crippen LogP contribution in [-0.4, -0.2) is 35.7 Å². The molecule has 0 aliphatic rings. The Morgan fingerprint density at radius 1 is 1.00 bits per heavy atom. The van der Waals surface area contributed by atoms with Gasteiger partial charge in [-0.15, -0.1) is 0 Å². The Morgan fingerprint density at radius 3 is 1.86 bits per heavy atom. The summed E-state index contributed by atoms with van der Waals surface area (Å²) in [6.45, 7) is 2.18. The second-order valence-corrected chi connectivity index (χ2v) is 6.73. The van der Waals surface area contributed by atoms with E-state index >= 15 is 0 Å². The summed E-state index contributed by atoms with van der Waals surface area (Å²) >= 11 is 0. The summed E-state index contributed by atoms with van der Waals surface area (Å²) in [6, 6.07) is 0. The Bertz CT molecular complexity index is 356. The number of aliphatic hydroxyl groups is 1. The normalized spacial score (nSPS) is 12.7. The van der Waals surface area contributed by atoms with Gasteiger partial charge in [0, 0.05) is 6.42 Å². The van der Waals surface area contributed by atoms with E-state index in [2.05, 4.69) is 6.92 Å². The van der Waals surface area contributed by atoms with Crippen molar-refractivity contribution in [1.29, 1.82) is 0 Å². The minimum Gasteiger partial charge on any atom is -0.748 e. The van der Waals surface area contributed by atoms with Gasteiger partial charge in [-0.2, -0.15) is 0 Å². The van der Waals surface area contributed by atoms with Gasteiger partial charge >= 0.3 is 29.6 Å². The first kappa shape index (κ1) is 23.8. The van der Waals surface area contributed by atoms with Gasteiger partial charge in [0.05, 0.1) is 15.9 Å². The van der Waals surface area contributed by atoms with E-state index in [1.54, 1.807) is 0 Å². The first-order valence-corrected chi connectivity index (χ1v) is 9.09. The molecule has 0 saturated heterocycles. The van der Waals surface area contributed by atoms with Gasteiger partial charge in [0.1, 0.15) is 6.10 Å². The molecule has 5 nitrogen and oxygen atoms in total. The van der Waals surface area contributed by atoms with E-state index < -0.39 is 27.8 Å². The molecule has 0 amide bonds. The third-order valence-corrected chi connectivity index (χ3v) is 3.98. The van der Waals surface area contributed by atoms with Gasteiger partial charge in [0.2, 0.25) is 0 Å². The molecule has 120 valence electrons. The molecule has 0 spiro atoms. The average Bonchev–Trinajstić information content (AvgIpc) is 2.34. The zero-order valence-corrected chi connectivity index (χ0v) is 16.2. The number of Topliss-reactive ketones (excluding diaryl/α,β-unsaturated/α-hetero) is 1. The minimum absolute atomic E-state index is 0. The molecule has 0 aromatic rings. The fourth-order valence-corrected chi connectivity index (χ4v) is 2.64. The van der Waals surface area contributed by atoms with Gasteiger partial charge in [-0.05, 0) is 6.42 Å². The summed E-state index contributed by atoms with van der Waals surface area (Å²) in [4.78, 5) is 11.4. The Morgan fingerprint density at radius 2 is 1.43 bits per heavy atom. The standard InChI is InChI=1S/C14H28O5S.Na/c1-2-3-4-5-6-7-8-9-10-11-13(15)14(16)12-20(17,18)19;/h14,16H,2-12H2,1H3,(H,17,18,19);/q;+1/p-1. The van der Waals surface area contributed by atoms with Crippen molar-refractivity contribution < 1.29 is 52.4 Å². The van der Waals surface area contributed by atoms with Crippen molar-refractivity contribution in [3.8, 4) is 0 Å². The number of hydrogen-bond donors (Lipinski definition) is 1. The van der Waals surface area contributed by atoms with E-state index in [9.17, 15) is 22.9 Å². The largest absolute Gasteiger partial charge is 1.00 e. The molecule has 0 aromatic carbocycles. The maximum atomic E-state index is 11.4. The van der Waals surface area contributed by atoms with E-state index in [0.29, 0.717) is 6.42 Å². The molecule has 0 radical (unpaired) electrons. The van der Waals surface area contributed by atoms with Crippen molar-refractivity contribution in [1.82, 2.24) is 0 Å². The van der Waals surface area contributed by atoms with Crippen LogP contribution in [0.15, 0.2) is 0 Å². The van der Waals surface area contributed by atoms with Gasteiger partial charge in [-0.3, -0.25) is 4.79 Å². The Labute approximate surface area is 150 Å². The molecule has 21 heavy (non-hydrogen) atoms. The van der Waals surface area contributed by atoms with Crippen molar-refractivity contribution in [2.45, 2.75) is 77.2 Å². The van der Waals surface area contributed by atoms with E-state index in [1.165, 1.54) is 32.1 Å². The molecule has 0 heterocycles. The summed E-state index contributed by atoms with van der Waals surface area (Å²) in [5.74, 6) is -1.56. The van der Waals surface area contributed by atoms with Gasteiger partial charge in [0.15, 0.2) is 5.78 Å². The molecule has 1 N–H and O–H groups in total. The molecule has 1 unspecified atom stereocenters. The smallest absolute Gasteiger partial charge is 0.748 e. The van der Waals surface area contributed by atoms with E-state index in [-0.39, 0.29) is 36.0 Å². The molecular weight excluding hydrogens is 303 g/mol. The molecular formula is C14H27NaO5S. The maximum absolute atomic E-state index is 11.4. The quantitative estimate of drug-likeness (QED) is 0.276. The minimum atomic E-state index is -4.54. The van der Waals surface area contributed by atoms with Crippen molar-refractivity contribution >= 4 is 15.9 Å². The molecule has 0 aliphatic heterocycles. The summed E-state index contributed by atoms with van der Waals surface area (Å²) in [6.07, 6.45) is 8.50. The fourth-order valence-electron chi connectivity index (χ4n) is 2.06. The van der Waals surface area contributed by atoms with E-state index in [4.69, 9.17) is 0 Å². The van der Waals surface area contributed by atoms with Crippen LogP contribution in [0.25, 0.3) is 0 Å². The first-order chi connectivity index (χ1) is 9.37. The summed E-state index contributed by atoms with van der Waals surface area (Å²) in [7, 11) is -4.54. The van der Waals surface area contributed by atoms with Gasteiger partial charge in [-0.1, -0.05) is 58.3 Å². The third kappa shape index (κ3) is 16.7. The Balaban J connectivity index is 0. The van der Waals surface area contributed by atoms with Crippen LogP contribution >= 0.6 is 0 Å². The van der Waals surface area contributed by atoms with Crippen LogP contribution < -0.4 is 29.6 Å². The van der Waals surface area contributed by atoms with Crippen LogP contribution in [0.1, 0.15) is 71.1 Å². The summed E-state index contributed by atoms with van der Waals surface area (Å²) < 4.78 is 31.2. The first-order valence-electron chi connectivity index (χ1n) is 7.51. The molecule has 0 rings (SSSR count). The Kier molecular flexibility index (Phi) is 16.0. The number of unbranched alkanes of at least 4 members (excludes halogenated alkanes) is 8. The molecule has 0 aliphatic carbocycles. The Hall–Kier alpha value is 0.540. The summed E-state index contributed by atoms with van der Waals surface area (Å²) in [5.41, 5.74) is 0. The van der Waals surface area contributed by atoms with Gasteiger partial charge in [-0.25, -0.2) is 8.42 Å². The molecule has 7 heteroatoms. The number of carbonyl (C=O) groups excluding carboxylic acids is 1. The number of ketones is 1. The molecule has 0 bridgehead atoms. The molecule has 0 fully saturated rings. The number of rotatable bonds is 13. The van der Waals surface area contributed by atoms with E-state index in [1.807, 2.05) is 0 Å². The second-order valence-electron chi connectivity index (χ2n) is 5.28. The fraction of sp³-hybridized carbons (Fsp3) is 0.929. The van der Waals surface area contributed by atoms with Gasteiger partial charge in [0.25, 0.3) is 0 Å². The molecule has 1 atom stereocenters. The van der Waals surface area contributed by atoms with Crippen LogP contribution in [0.3, 0.4) is 0 Å². The third-order valence-electron chi connectivity index (χ3n) is 3.26. The van der Waals surface area contributed by atoms with Crippen molar-refractivity contribution in [3.63, 3.8) is 0 Å². The van der Waals surface area contributed by atoms with Crippen LogP contribution in [0.2, 0.25) is 0 Å². The van der Waals surface area contributed by atoms with Crippen LogP contribution in [0, 0.1) is 0 Å². The van der Waals surface area contributed by atoms with E-state index in [0.717, 1.165) is 19.3 Å². The second kappa shape index (κ2) is 14.2. The maximum Gasteiger partial charge on any atom is 1.00 e. The molecule has 0 saturated carbocycles. The van der Waals surface area contributed by atoms with Crippen LogP contribution in [-0.2, 0) is 14.9 Å². The SMILES string of the molecule is CCCCCCCCCCCC(=O)C(O)CS(=O)(=O)[O-].[Na+]. The predicted molar refractivity (Wildman–Crippen MR) is 77.4 cm³/mol. The average molecular weight is 330 g/mol. The number of hydrogen-bond acceptors (Lipinski definition) is 5.